The van der Waals surface area contributed by atoms with Gasteiger partial charge in [-0.05, 0) is 24.3 Å². The molecule has 1 aromatic carbocycles. The van der Waals surface area contributed by atoms with E-state index in [0.29, 0.717) is 42.9 Å². The number of aromatic amines is 1. The van der Waals surface area contributed by atoms with Crippen LogP contribution in [0.1, 0.15) is 0 Å². The second-order valence-electron chi connectivity index (χ2n) is 5.13. The van der Waals surface area contributed by atoms with Crippen LogP contribution in [-0.4, -0.2) is 58.8 Å². The number of anilines is 2. The molecule has 0 unspecified atom stereocenters. The summed E-state index contributed by atoms with van der Waals surface area (Å²) in [5.74, 6) is 1.43. The molecule has 0 spiro atoms. The number of hydrogen-bond acceptors (Lipinski definition) is 6. The van der Waals surface area contributed by atoms with Gasteiger partial charge in [-0.2, -0.15) is 4.98 Å². The van der Waals surface area contributed by atoms with Crippen molar-refractivity contribution in [2.45, 2.75) is 0 Å². The van der Waals surface area contributed by atoms with Gasteiger partial charge >= 0.3 is 0 Å². The highest BCUT2D eigenvalue weighted by Crippen LogP contribution is 2.16. The molecule has 1 aromatic heterocycles. The number of hydrogen-bond donors (Lipinski definition) is 2. The van der Waals surface area contributed by atoms with Crippen LogP contribution in [0.5, 0.6) is 5.75 Å². The monoisotopic (exact) mass is 336 g/mol. The fraction of sp³-hybridized carbons (Fsp3) is 0.357. The summed E-state index contributed by atoms with van der Waals surface area (Å²) in [6.45, 7) is 2.55. The van der Waals surface area contributed by atoms with E-state index in [9.17, 15) is 4.79 Å². The minimum atomic E-state index is -0.0447. The molecule has 1 amide bonds. The van der Waals surface area contributed by atoms with Crippen molar-refractivity contribution in [2.75, 3.05) is 43.4 Å². The van der Waals surface area contributed by atoms with Gasteiger partial charge in [0.05, 0.1) is 0 Å². The summed E-state index contributed by atoms with van der Waals surface area (Å²) >= 11 is 5.81. The smallest absolute Gasteiger partial charge is 0.260 e. The van der Waals surface area contributed by atoms with E-state index >= 15 is 0 Å². The number of halogens is 1. The minimum absolute atomic E-state index is 0.0108. The van der Waals surface area contributed by atoms with Gasteiger partial charge in [-0.3, -0.25) is 4.79 Å². The van der Waals surface area contributed by atoms with Gasteiger partial charge in [0.1, 0.15) is 5.75 Å². The van der Waals surface area contributed by atoms with Crippen molar-refractivity contribution in [1.29, 1.82) is 0 Å². The van der Waals surface area contributed by atoms with Crippen molar-refractivity contribution < 1.29 is 9.53 Å². The number of nitrogens with two attached hydrogens (primary N) is 1. The summed E-state index contributed by atoms with van der Waals surface area (Å²) in [5, 5.41) is 7.21. The van der Waals surface area contributed by atoms with Crippen LogP contribution in [0.3, 0.4) is 0 Å². The van der Waals surface area contributed by atoms with Gasteiger partial charge in [0, 0.05) is 31.2 Å². The van der Waals surface area contributed by atoms with E-state index in [4.69, 9.17) is 22.1 Å². The zero-order valence-electron chi connectivity index (χ0n) is 12.4. The molecule has 0 saturated carbocycles. The lowest BCUT2D eigenvalue weighted by atomic mass is 10.3. The molecule has 0 bridgehead atoms. The van der Waals surface area contributed by atoms with Crippen molar-refractivity contribution in [3.8, 4) is 5.75 Å². The first-order valence-electron chi connectivity index (χ1n) is 7.21. The van der Waals surface area contributed by atoms with Crippen LogP contribution in [0.25, 0.3) is 0 Å². The molecule has 0 radical (unpaired) electrons. The molecule has 23 heavy (non-hydrogen) atoms. The van der Waals surface area contributed by atoms with Gasteiger partial charge in [0.25, 0.3) is 5.91 Å². The summed E-state index contributed by atoms with van der Waals surface area (Å²) in [5.41, 5.74) is 5.50. The second-order valence-corrected chi connectivity index (χ2v) is 5.56. The van der Waals surface area contributed by atoms with Crippen LogP contribution in [0.4, 0.5) is 11.9 Å². The standard InChI is InChI=1S/C14H17ClN6O2/c15-10-1-3-11(4-2-10)23-9-12(22)20-5-7-21(8-6-20)14-17-13(16)18-19-14/h1-4H,5-9H2,(H3,16,17,18,19). The first-order valence-corrected chi connectivity index (χ1v) is 7.58. The Labute approximate surface area is 138 Å². The van der Waals surface area contributed by atoms with Gasteiger partial charge in [0.2, 0.25) is 11.9 Å². The van der Waals surface area contributed by atoms with Crippen molar-refractivity contribution in [3.05, 3.63) is 29.3 Å². The molecule has 0 atom stereocenters. The highest BCUT2D eigenvalue weighted by molar-refractivity contribution is 6.30. The van der Waals surface area contributed by atoms with Crippen LogP contribution in [0.2, 0.25) is 5.02 Å². The van der Waals surface area contributed by atoms with E-state index in [1.54, 1.807) is 29.2 Å². The normalized spacial score (nSPS) is 14.8. The lowest BCUT2D eigenvalue weighted by molar-refractivity contribution is -0.133. The number of benzene rings is 1. The van der Waals surface area contributed by atoms with Crippen LogP contribution >= 0.6 is 11.6 Å². The highest BCUT2D eigenvalue weighted by Gasteiger charge is 2.23. The Bertz CT molecular complexity index is 666. The molecule has 1 fully saturated rings. The van der Waals surface area contributed by atoms with Gasteiger partial charge < -0.3 is 20.3 Å². The Morgan fingerprint density at radius 2 is 1.96 bits per heavy atom. The molecule has 8 nitrogen and oxygen atoms in total. The van der Waals surface area contributed by atoms with Crippen LogP contribution in [-0.2, 0) is 4.79 Å². The molecule has 2 heterocycles. The molecule has 122 valence electrons. The zero-order valence-corrected chi connectivity index (χ0v) is 13.2. The number of rotatable bonds is 4. The quantitative estimate of drug-likeness (QED) is 0.855. The van der Waals surface area contributed by atoms with Gasteiger partial charge in [-0.25, -0.2) is 5.10 Å². The Morgan fingerprint density at radius 3 is 2.57 bits per heavy atom. The number of H-pyrrole nitrogens is 1. The summed E-state index contributed by atoms with van der Waals surface area (Å²) in [7, 11) is 0. The summed E-state index contributed by atoms with van der Waals surface area (Å²) in [4.78, 5) is 20.0. The van der Waals surface area contributed by atoms with Gasteiger partial charge in [-0.1, -0.05) is 11.6 Å². The zero-order chi connectivity index (χ0) is 16.2. The molecular weight excluding hydrogens is 320 g/mol. The number of aromatic nitrogens is 3. The number of nitrogens with zero attached hydrogens (tertiary/aromatic N) is 4. The number of nitrogens with one attached hydrogen (secondary N) is 1. The molecular formula is C14H17ClN6O2. The third-order valence-electron chi connectivity index (χ3n) is 3.60. The van der Waals surface area contributed by atoms with E-state index in [1.165, 1.54) is 0 Å². The Morgan fingerprint density at radius 1 is 1.26 bits per heavy atom. The largest absolute Gasteiger partial charge is 0.484 e. The predicted molar refractivity (Wildman–Crippen MR) is 86.5 cm³/mol. The van der Waals surface area contributed by atoms with Crippen LogP contribution in [0.15, 0.2) is 24.3 Å². The Hall–Kier alpha value is -2.48. The van der Waals surface area contributed by atoms with Crippen molar-refractivity contribution in [3.63, 3.8) is 0 Å². The molecule has 1 aliphatic rings. The molecule has 3 rings (SSSR count). The average Bonchev–Trinajstić information content (AvgIpc) is 3.01. The third-order valence-corrected chi connectivity index (χ3v) is 3.85. The maximum atomic E-state index is 12.2. The van der Waals surface area contributed by atoms with Gasteiger partial charge in [-0.15, -0.1) is 5.10 Å². The predicted octanol–water partition coefficient (Wildman–Crippen LogP) is 0.768. The second kappa shape index (κ2) is 6.74. The minimum Gasteiger partial charge on any atom is -0.484 e. The number of piperazine rings is 1. The molecule has 0 aliphatic carbocycles. The highest BCUT2D eigenvalue weighted by atomic mass is 35.5. The van der Waals surface area contributed by atoms with Crippen molar-refractivity contribution in [1.82, 2.24) is 20.1 Å². The third kappa shape index (κ3) is 3.84. The Balaban J connectivity index is 1.47. The van der Waals surface area contributed by atoms with Crippen molar-refractivity contribution in [2.24, 2.45) is 0 Å². The molecule has 1 saturated heterocycles. The SMILES string of the molecule is Nc1n[nH]c(N2CCN(C(=O)COc3ccc(Cl)cc3)CC2)n1. The van der Waals surface area contributed by atoms with Crippen molar-refractivity contribution >= 4 is 29.4 Å². The first-order chi connectivity index (χ1) is 11.1. The summed E-state index contributed by atoms with van der Waals surface area (Å²) in [6.07, 6.45) is 0. The number of amides is 1. The van der Waals surface area contributed by atoms with E-state index in [-0.39, 0.29) is 18.5 Å². The lowest BCUT2D eigenvalue weighted by Gasteiger charge is -2.34. The average molecular weight is 337 g/mol. The maximum absolute atomic E-state index is 12.2. The topological polar surface area (TPSA) is 100 Å². The molecule has 2 aromatic rings. The van der Waals surface area contributed by atoms with Crippen LogP contribution < -0.4 is 15.4 Å². The lowest BCUT2D eigenvalue weighted by Crippen LogP contribution is -2.50. The Kier molecular flexibility index (Phi) is 4.52. The molecule has 1 aliphatic heterocycles. The van der Waals surface area contributed by atoms with E-state index in [2.05, 4.69) is 15.2 Å². The van der Waals surface area contributed by atoms with Crippen LogP contribution in [0, 0.1) is 0 Å². The summed E-state index contributed by atoms with van der Waals surface area (Å²) < 4.78 is 5.48. The van der Waals surface area contributed by atoms with E-state index in [0.717, 1.165) is 0 Å². The number of carbonyl (C=O) groups is 1. The summed E-state index contributed by atoms with van der Waals surface area (Å²) in [6, 6.07) is 6.93. The maximum Gasteiger partial charge on any atom is 0.260 e. The number of nitrogen functional groups attached to an aromatic ring is 1. The van der Waals surface area contributed by atoms with E-state index in [1.807, 2.05) is 4.90 Å². The fourth-order valence-electron chi connectivity index (χ4n) is 2.34. The molecule has 3 N–H and O–H groups in total. The van der Waals surface area contributed by atoms with Gasteiger partial charge in [0.15, 0.2) is 6.61 Å². The fourth-order valence-corrected chi connectivity index (χ4v) is 2.47. The first kappa shape index (κ1) is 15.4. The number of ether oxygens (including phenoxy) is 1. The van der Waals surface area contributed by atoms with E-state index < -0.39 is 0 Å². The number of carbonyl (C=O) groups excluding carboxylic acids is 1. The molecule has 9 heteroatoms.